The molecule has 0 spiro atoms. The quantitative estimate of drug-likeness (QED) is 0.720. The number of halogens is 3. The van der Waals surface area contributed by atoms with E-state index in [1.54, 1.807) is 18.2 Å². The molecule has 15 heavy (non-hydrogen) atoms. The van der Waals surface area contributed by atoms with E-state index in [1.807, 2.05) is 0 Å². The average Bonchev–Trinajstić information content (AvgIpc) is 2.41. The number of carbonyl (C=O) groups excluding carboxylic acids is 1. The predicted octanol–water partition coefficient (Wildman–Crippen LogP) is 2.03. The zero-order chi connectivity index (χ0) is 11.1. The van der Waals surface area contributed by atoms with Crippen LogP contribution in [0.1, 0.15) is 5.56 Å². The van der Waals surface area contributed by atoms with Crippen LogP contribution in [0.15, 0.2) is 24.3 Å². The molecule has 0 aliphatic carbocycles. The highest BCUT2D eigenvalue weighted by molar-refractivity contribution is 5.99. The number of fused-ring (bicyclic) bond motifs is 1. The number of anilines is 1. The Hall–Kier alpha value is -1.56. The molecule has 80 valence electrons. The number of nitrogens with zero attached hydrogens (tertiary/aromatic N) is 1. The minimum atomic E-state index is -4.85. The molecule has 0 saturated carbocycles. The number of rotatable bonds is 1. The number of para-hydroxylation sites is 1. The van der Waals surface area contributed by atoms with Gasteiger partial charge in [0.2, 0.25) is 0 Å². The van der Waals surface area contributed by atoms with Crippen LogP contribution in [0.4, 0.5) is 18.9 Å². The van der Waals surface area contributed by atoms with E-state index < -0.39 is 12.3 Å². The van der Waals surface area contributed by atoms with Crippen LogP contribution in [0.2, 0.25) is 0 Å². The van der Waals surface area contributed by atoms with Crippen LogP contribution >= 0.6 is 0 Å². The lowest BCUT2D eigenvalue weighted by Crippen LogP contribution is -2.33. The molecule has 0 atom stereocenters. The second-order valence-corrected chi connectivity index (χ2v) is 3.03. The van der Waals surface area contributed by atoms with Gasteiger partial charge in [-0.2, -0.15) is 9.90 Å². The Bertz CT molecular complexity index is 403. The van der Waals surface area contributed by atoms with Gasteiger partial charge in [0.05, 0.1) is 12.1 Å². The van der Waals surface area contributed by atoms with Crippen LogP contribution in [-0.2, 0) is 16.1 Å². The fourth-order valence-corrected chi connectivity index (χ4v) is 1.43. The Morgan fingerprint density at radius 3 is 2.60 bits per heavy atom. The van der Waals surface area contributed by atoms with Gasteiger partial charge in [-0.1, -0.05) is 18.2 Å². The van der Waals surface area contributed by atoms with Gasteiger partial charge in [-0.3, -0.25) is 4.79 Å². The monoisotopic (exact) mass is 217 g/mol. The van der Waals surface area contributed by atoms with Crippen LogP contribution in [0.3, 0.4) is 0 Å². The number of hydrogen-bond donors (Lipinski definition) is 0. The Kier molecular flexibility index (Phi) is 2.15. The summed E-state index contributed by atoms with van der Waals surface area (Å²) in [5, 5.41) is 0.287. The first-order valence-electron chi connectivity index (χ1n) is 4.14. The van der Waals surface area contributed by atoms with Gasteiger partial charge in [0, 0.05) is 0 Å². The van der Waals surface area contributed by atoms with Crippen molar-refractivity contribution in [3.05, 3.63) is 29.8 Å². The van der Waals surface area contributed by atoms with Gasteiger partial charge in [-0.25, -0.2) is 0 Å². The van der Waals surface area contributed by atoms with Gasteiger partial charge in [-0.15, -0.1) is 13.2 Å². The number of amides is 1. The maximum Gasteiger partial charge on any atom is 0.544 e. The van der Waals surface area contributed by atoms with Gasteiger partial charge in [0.15, 0.2) is 0 Å². The van der Waals surface area contributed by atoms with Gasteiger partial charge in [-0.05, 0) is 11.6 Å². The molecule has 1 aromatic carbocycles. The van der Waals surface area contributed by atoms with Gasteiger partial charge in [0.1, 0.15) is 0 Å². The van der Waals surface area contributed by atoms with Crippen molar-refractivity contribution in [1.82, 2.24) is 0 Å². The maximum absolute atomic E-state index is 12.0. The summed E-state index contributed by atoms with van der Waals surface area (Å²) in [5.41, 5.74) is 0.687. The molecule has 1 amide bonds. The standard InChI is InChI=1S/C9H6F3NO2/c10-9(11,12)15-13-7-4-2-1-3-6(7)5-8(13)14/h1-4H,5H2. The van der Waals surface area contributed by atoms with E-state index in [-0.39, 0.29) is 17.2 Å². The lowest BCUT2D eigenvalue weighted by atomic mass is 10.2. The molecule has 1 aromatic rings. The number of hydrogen-bond acceptors (Lipinski definition) is 2. The number of hydroxylamine groups is 1. The van der Waals surface area contributed by atoms with Crippen molar-refractivity contribution in [2.75, 3.05) is 5.06 Å². The van der Waals surface area contributed by atoms with E-state index in [2.05, 4.69) is 4.84 Å². The highest BCUT2D eigenvalue weighted by Gasteiger charge is 2.39. The Morgan fingerprint density at radius 1 is 1.27 bits per heavy atom. The molecular weight excluding hydrogens is 211 g/mol. The van der Waals surface area contributed by atoms with Crippen LogP contribution in [0.25, 0.3) is 0 Å². The molecule has 0 bridgehead atoms. The third-order valence-electron chi connectivity index (χ3n) is 1.97. The Balaban J connectivity index is 2.30. The van der Waals surface area contributed by atoms with Crippen molar-refractivity contribution in [3.8, 4) is 0 Å². The number of benzene rings is 1. The molecule has 0 unspecified atom stereocenters. The molecule has 0 N–H and O–H groups in total. The van der Waals surface area contributed by atoms with Gasteiger partial charge < -0.3 is 0 Å². The zero-order valence-corrected chi connectivity index (χ0v) is 7.41. The maximum atomic E-state index is 12.0. The molecular formula is C9H6F3NO2. The van der Waals surface area contributed by atoms with Crippen molar-refractivity contribution in [2.45, 2.75) is 12.8 Å². The van der Waals surface area contributed by atoms with Crippen molar-refractivity contribution in [2.24, 2.45) is 0 Å². The normalized spacial score (nSPS) is 15.7. The fourth-order valence-electron chi connectivity index (χ4n) is 1.43. The van der Waals surface area contributed by atoms with Crippen molar-refractivity contribution >= 4 is 11.6 Å². The zero-order valence-electron chi connectivity index (χ0n) is 7.41. The highest BCUT2D eigenvalue weighted by Crippen LogP contribution is 2.32. The lowest BCUT2D eigenvalue weighted by Gasteiger charge is -2.17. The minimum Gasteiger partial charge on any atom is -0.272 e. The molecule has 0 saturated heterocycles. The predicted molar refractivity (Wildman–Crippen MR) is 44.8 cm³/mol. The summed E-state index contributed by atoms with van der Waals surface area (Å²) in [7, 11) is 0. The molecule has 1 aliphatic heterocycles. The van der Waals surface area contributed by atoms with Crippen LogP contribution in [0, 0.1) is 0 Å². The van der Waals surface area contributed by atoms with E-state index >= 15 is 0 Å². The summed E-state index contributed by atoms with van der Waals surface area (Å²) in [6, 6.07) is 6.20. The van der Waals surface area contributed by atoms with Gasteiger partial charge in [0.25, 0.3) is 5.91 Å². The fraction of sp³-hybridized carbons (Fsp3) is 0.222. The first kappa shape index (κ1) is 9.97. The van der Waals surface area contributed by atoms with Crippen LogP contribution < -0.4 is 5.06 Å². The van der Waals surface area contributed by atoms with E-state index in [9.17, 15) is 18.0 Å². The summed E-state index contributed by atoms with van der Waals surface area (Å²) in [6.45, 7) is 0. The summed E-state index contributed by atoms with van der Waals surface area (Å²) < 4.78 is 35.9. The van der Waals surface area contributed by atoms with Crippen LogP contribution in [-0.4, -0.2) is 12.3 Å². The number of alkyl halides is 3. The van der Waals surface area contributed by atoms with Crippen LogP contribution in [0.5, 0.6) is 0 Å². The SMILES string of the molecule is O=C1Cc2ccccc2N1OC(F)(F)F. The van der Waals surface area contributed by atoms with E-state index in [0.717, 1.165) is 0 Å². The first-order valence-corrected chi connectivity index (χ1v) is 4.14. The molecule has 1 heterocycles. The Labute approximate surface area is 83.0 Å². The molecule has 1 aliphatic rings. The van der Waals surface area contributed by atoms with E-state index in [1.165, 1.54) is 6.07 Å². The second-order valence-electron chi connectivity index (χ2n) is 3.03. The third-order valence-corrected chi connectivity index (χ3v) is 1.97. The summed E-state index contributed by atoms with van der Waals surface area (Å²) >= 11 is 0. The minimum absolute atomic E-state index is 0.0632. The van der Waals surface area contributed by atoms with Crippen molar-refractivity contribution < 1.29 is 22.8 Å². The summed E-state index contributed by atoms with van der Waals surface area (Å²) in [5.74, 6) is -0.714. The first-order chi connectivity index (χ1) is 6.97. The summed E-state index contributed by atoms with van der Waals surface area (Å²) in [4.78, 5) is 14.8. The third kappa shape index (κ3) is 1.94. The van der Waals surface area contributed by atoms with Crippen molar-refractivity contribution in [1.29, 1.82) is 0 Å². The second kappa shape index (κ2) is 3.23. The molecule has 6 heteroatoms. The highest BCUT2D eigenvalue weighted by atomic mass is 19.4. The largest absolute Gasteiger partial charge is 0.544 e. The molecule has 0 radical (unpaired) electrons. The topological polar surface area (TPSA) is 29.5 Å². The lowest BCUT2D eigenvalue weighted by molar-refractivity contribution is -0.326. The molecule has 3 nitrogen and oxygen atoms in total. The van der Waals surface area contributed by atoms with Gasteiger partial charge >= 0.3 is 6.36 Å². The summed E-state index contributed by atoms with van der Waals surface area (Å²) in [6.07, 6.45) is -4.92. The Morgan fingerprint density at radius 2 is 1.93 bits per heavy atom. The van der Waals surface area contributed by atoms with Crippen molar-refractivity contribution in [3.63, 3.8) is 0 Å². The average molecular weight is 217 g/mol. The molecule has 0 aromatic heterocycles. The van der Waals surface area contributed by atoms with E-state index in [4.69, 9.17) is 0 Å². The molecule has 0 fully saturated rings. The smallest absolute Gasteiger partial charge is 0.272 e. The number of carbonyl (C=O) groups is 1. The van der Waals surface area contributed by atoms with E-state index in [0.29, 0.717) is 5.56 Å². The molecule has 2 rings (SSSR count).